The normalized spacial score (nSPS) is 16.1. The molecule has 3 N–H and O–H groups in total. The number of benzene rings is 3. The van der Waals surface area contributed by atoms with Crippen molar-refractivity contribution in [1.29, 1.82) is 0 Å². The zero-order valence-electron chi connectivity index (χ0n) is 14.0. The minimum Gasteiger partial charge on any atom is -0.508 e. The van der Waals surface area contributed by atoms with Crippen molar-refractivity contribution in [3.05, 3.63) is 89.5 Å². The smallest absolute Gasteiger partial charge is 0.258 e. The maximum atomic E-state index is 13.1. The summed E-state index contributed by atoms with van der Waals surface area (Å²) in [5.74, 6) is -0.197. The Morgan fingerprint density at radius 2 is 1.65 bits per heavy atom. The van der Waals surface area contributed by atoms with E-state index in [2.05, 4.69) is 5.32 Å². The number of phenols is 2. The molecule has 1 atom stereocenters. The molecule has 0 unspecified atom stereocenters. The van der Waals surface area contributed by atoms with E-state index >= 15 is 0 Å². The van der Waals surface area contributed by atoms with Crippen molar-refractivity contribution in [3.8, 4) is 11.5 Å². The van der Waals surface area contributed by atoms with Crippen LogP contribution in [-0.2, 0) is 6.54 Å². The van der Waals surface area contributed by atoms with E-state index < -0.39 is 6.17 Å². The molecule has 0 aromatic heterocycles. The van der Waals surface area contributed by atoms with Gasteiger partial charge in [0.2, 0.25) is 0 Å². The maximum absolute atomic E-state index is 13.1. The number of carbonyl (C=O) groups excluding carboxylic acids is 1. The minimum atomic E-state index is -0.543. The maximum Gasteiger partial charge on any atom is 0.258 e. The van der Waals surface area contributed by atoms with Gasteiger partial charge in [-0.15, -0.1) is 0 Å². The van der Waals surface area contributed by atoms with E-state index in [-0.39, 0.29) is 17.4 Å². The monoisotopic (exact) mass is 346 g/mol. The highest BCUT2D eigenvalue weighted by Gasteiger charge is 2.34. The summed E-state index contributed by atoms with van der Waals surface area (Å²) < 4.78 is 0. The molecule has 130 valence electrons. The first-order chi connectivity index (χ1) is 12.6. The standard InChI is InChI=1S/C21H18N2O3/c24-15-10-11-17(19(25)12-15)20-22-18-9-5-4-8-16(18)21(26)23(20)13-14-6-2-1-3-7-14/h1-12,20,22,24-25H,13H2/t20-/m1/s1. The van der Waals surface area contributed by atoms with Gasteiger partial charge in [-0.1, -0.05) is 42.5 Å². The fourth-order valence-corrected chi connectivity index (χ4v) is 3.24. The van der Waals surface area contributed by atoms with Gasteiger partial charge in [0.1, 0.15) is 17.7 Å². The van der Waals surface area contributed by atoms with Crippen molar-refractivity contribution in [3.63, 3.8) is 0 Å². The lowest BCUT2D eigenvalue weighted by molar-refractivity contribution is 0.0665. The van der Waals surface area contributed by atoms with E-state index in [1.807, 2.05) is 48.5 Å². The summed E-state index contributed by atoms with van der Waals surface area (Å²) in [4.78, 5) is 14.8. The van der Waals surface area contributed by atoms with Crippen LogP contribution in [0.25, 0.3) is 0 Å². The minimum absolute atomic E-state index is 0.0246. The number of rotatable bonds is 3. The van der Waals surface area contributed by atoms with Gasteiger partial charge in [-0.25, -0.2) is 0 Å². The molecule has 0 radical (unpaired) electrons. The van der Waals surface area contributed by atoms with Gasteiger partial charge < -0.3 is 20.4 Å². The van der Waals surface area contributed by atoms with Crippen LogP contribution in [0.1, 0.15) is 27.7 Å². The summed E-state index contributed by atoms with van der Waals surface area (Å²) in [5, 5.41) is 23.2. The van der Waals surface area contributed by atoms with Crippen molar-refractivity contribution in [2.45, 2.75) is 12.7 Å². The average molecular weight is 346 g/mol. The van der Waals surface area contributed by atoms with Crippen LogP contribution in [0.4, 0.5) is 5.69 Å². The summed E-state index contributed by atoms with van der Waals surface area (Å²) in [6.07, 6.45) is -0.543. The van der Waals surface area contributed by atoms with Gasteiger partial charge in [0.25, 0.3) is 5.91 Å². The molecule has 1 amide bonds. The topological polar surface area (TPSA) is 72.8 Å². The van der Waals surface area contributed by atoms with Crippen molar-refractivity contribution in [2.75, 3.05) is 5.32 Å². The molecular formula is C21H18N2O3. The van der Waals surface area contributed by atoms with Gasteiger partial charge in [0.15, 0.2) is 0 Å². The van der Waals surface area contributed by atoms with Crippen molar-refractivity contribution in [1.82, 2.24) is 4.90 Å². The van der Waals surface area contributed by atoms with Crippen LogP contribution in [-0.4, -0.2) is 21.0 Å². The molecule has 1 aliphatic rings. The van der Waals surface area contributed by atoms with Crippen molar-refractivity contribution in [2.24, 2.45) is 0 Å². The van der Waals surface area contributed by atoms with Crippen LogP contribution in [0.2, 0.25) is 0 Å². The molecule has 0 saturated heterocycles. The number of aromatic hydroxyl groups is 2. The Labute approximate surface area is 151 Å². The number of amides is 1. The summed E-state index contributed by atoms with van der Waals surface area (Å²) >= 11 is 0. The van der Waals surface area contributed by atoms with E-state index in [1.165, 1.54) is 12.1 Å². The SMILES string of the molecule is O=C1c2ccccc2N[C@@H](c2ccc(O)cc2O)N1Cc1ccccc1. The molecule has 1 heterocycles. The number of hydrogen-bond acceptors (Lipinski definition) is 4. The number of para-hydroxylation sites is 1. The Kier molecular flexibility index (Phi) is 3.97. The number of phenolic OH excluding ortho intramolecular Hbond substituents is 2. The average Bonchev–Trinajstić information content (AvgIpc) is 2.65. The van der Waals surface area contributed by atoms with E-state index in [0.29, 0.717) is 17.7 Å². The predicted octanol–water partition coefficient (Wildman–Crippen LogP) is 3.86. The highest BCUT2D eigenvalue weighted by molar-refractivity contribution is 6.01. The fourth-order valence-electron chi connectivity index (χ4n) is 3.24. The first-order valence-corrected chi connectivity index (χ1v) is 8.36. The van der Waals surface area contributed by atoms with Gasteiger partial charge in [-0.05, 0) is 29.8 Å². The van der Waals surface area contributed by atoms with E-state index in [4.69, 9.17) is 0 Å². The largest absolute Gasteiger partial charge is 0.508 e. The van der Waals surface area contributed by atoms with Crippen LogP contribution in [0.5, 0.6) is 11.5 Å². The molecule has 0 saturated carbocycles. The van der Waals surface area contributed by atoms with Crippen molar-refractivity contribution >= 4 is 11.6 Å². The first kappa shape index (κ1) is 16.0. The van der Waals surface area contributed by atoms with Crippen LogP contribution < -0.4 is 5.32 Å². The van der Waals surface area contributed by atoms with Crippen LogP contribution in [0, 0.1) is 0 Å². The van der Waals surface area contributed by atoms with E-state index in [0.717, 1.165) is 11.3 Å². The predicted molar refractivity (Wildman–Crippen MR) is 98.9 cm³/mol. The zero-order chi connectivity index (χ0) is 18.1. The Bertz CT molecular complexity index is 956. The number of fused-ring (bicyclic) bond motifs is 1. The Hall–Kier alpha value is -3.47. The lowest BCUT2D eigenvalue weighted by atomic mass is 10.0. The molecule has 0 spiro atoms. The number of nitrogens with zero attached hydrogens (tertiary/aromatic N) is 1. The molecule has 0 fully saturated rings. The Balaban J connectivity index is 1.79. The molecule has 1 aliphatic heterocycles. The van der Waals surface area contributed by atoms with E-state index in [1.54, 1.807) is 17.0 Å². The molecule has 3 aromatic carbocycles. The third kappa shape index (κ3) is 2.84. The summed E-state index contributed by atoms with van der Waals surface area (Å²) in [6, 6.07) is 21.4. The Morgan fingerprint density at radius 1 is 0.923 bits per heavy atom. The van der Waals surface area contributed by atoms with Crippen LogP contribution in [0.3, 0.4) is 0 Å². The van der Waals surface area contributed by atoms with Gasteiger partial charge in [-0.2, -0.15) is 0 Å². The summed E-state index contributed by atoms with van der Waals surface area (Å²) in [7, 11) is 0. The lowest BCUT2D eigenvalue weighted by Gasteiger charge is -2.38. The highest BCUT2D eigenvalue weighted by Crippen LogP contribution is 2.38. The molecule has 4 rings (SSSR count). The molecule has 5 heteroatoms. The number of hydrogen-bond donors (Lipinski definition) is 3. The Morgan fingerprint density at radius 3 is 2.42 bits per heavy atom. The quantitative estimate of drug-likeness (QED) is 0.673. The molecule has 5 nitrogen and oxygen atoms in total. The third-order valence-corrected chi connectivity index (χ3v) is 4.53. The summed E-state index contributed by atoms with van der Waals surface area (Å²) in [6.45, 7) is 0.395. The molecule has 3 aromatic rings. The third-order valence-electron chi connectivity index (χ3n) is 4.53. The number of anilines is 1. The highest BCUT2D eigenvalue weighted by atomic mass is 16.3. The number of carbonyl (C=O) groups is 1. The van der Waals surface area contributed by atoms with Gasteiger partial charge in [-0.3, -0.25) is 4.79 Å². The second-order valence-corrected chi connectivity index (χ2v) is 6.25. The van der Waals surface area contributed by atoms with Gasteiger partial charge in [0, 0.05) is 23.9 Å². The second kappa shape index (κ2) is 6.44. The number of nitrogens with one attached hydrogen (secondary N) is 1. The first-order valence-electron chi connectivity index (χ1n) is 8.36. The van der Waals surface area contributed by atoms with Crippen molar-refractivity contribution < 1.29 is 15.0 Å². The summed E-state index contributed by atoms with van der Waals surface area (Å²) in [5.41, 5.74) is 2.84. The zero-order valence-corrected chi connectivity index (χ0v) is 14.0. The fraction of sp³-hybridized carbons (Fsp3) is 0.0952. The molecule has 26 heavy (non-hydrogen) atoms. The lowest BCUT2D eigenvalue weighted by Crippen LogP contribution is -2.42. The van der Waals surface area contributed by atoms with Gasteiger partial charge >= 0.3 is 0 Å². The van der Waals surface area contributed by atoms with Crippen LogP contribution in [0.15, 0.2) is 72.8 Å². The second-order valence-electron chi connectivity index (χ2n) is 6.25. The van der Waals surface area contributed by atoms with Gasteiger partial charge in [0.05, 0.1) is 5.56 Å². The van der Waals surface area contributed by atoms with Crippen LogP contribution >= 0.6 is 0 Å². The molecule has 0 aliphatic carbocycles. The van der Waals surface area contributed by atoms with E-state index in [9.17, 15) is 15.0 Å². The molecular weight excluding hydrogens is 328 g/mol. The molecule has 0 bridgehead atoms.